The standard InChI is InChI=1S/C20H17BrClFN4O2S/c1-20(2)9-27(17-13(28)7-10(23)16(21)15(17)20)12-6-4-3-5-11(12)24-19(29)26-14-8-30-18(22)25-14/h3-8,28H,9H2,1-2H3,(H2,24,26,29). The topological polar surface area (TPSA) is 77.5 Å². The average molecular weight is 512 g/mol. The zero-order chi connectivity index (χ0) is 21.6. The van der Waals surface area contributed by atoms with Crippen LogP contribution in [0.4, 0.5) is 32.1 Å². The fraction of sp³-hybridized carbons (Fsp3) is 0.200. The summed E-state index contributed by atoms with van der Waals surface area (Å²) in [6, 6.07) is 7.82. The van der Waals surface area contributed by atoms with E-state index in [9.17, 15) is 14.3 Å². The molecule has 0 atom stereocenters. The second-order valence-electron chi connectivity index (χ2n) is 7.47. The number of thiazole rings is 1. The number of aromatic nitrogens is 1. The van der Waals surface area contributed by atoms with Crippen LogP contribution in [0.15, 0.2) is 40.2 Å². The Kier molecular flexibility index (Phi) is 5.37. The van der Waals surface area contributed by atoms with E-state index in [-0.39, 0.29) is 5.75 Å². The Morgan fingerprint density at radius 3 is 2.80 bits per heavy atom. The number of nitrogens with one attached hydrogen (secondary N) is 2. The van der Waals surface area contributed by atoms with E-state index in [2.05, 4.69) is 31.5 Å². The van der Waals surface area contributed by atoms with Gasteiger partial charge in [-0.25, -0.2) is 14.2 Å². The summed E-state index contributed by atoms with van der Waals surface area (Å²) in [6.45, 7) is 4.44. The van der Waals surface area contributed by atoms with Crippen LogP contribution in [0, 0.1) is 5.82 Å². The lowest BCUT2D eigenvalue weighted by atomic mass is 9.87. The number of rotatable bonds is 3. The van der Waals surface area contributed by atoms with Crippen LogP contribution >= 0.6 is 38.9 Å². The minimum absolute atomic E-state index is 0.160. The number of hydrogen-bond acceptors (Lipinski definition) is 5. The number of carbonyl (C=O) groups is 1. The van der Waals surface area contributed by atoms with Crippen molar-refractivity contribution in [3.05, 3.63) is 56.0 Å². The third-order valence-electron chi connectivity index (χ3n) is 4.83. The van der Waals surface area contributed by atoms with E-state index in [0.29, 0.717) is 43.9 Å². The normalized spacial score (nSPS) is 14.5. The van der Waals surface area contributed by atoms with Crippen molar-refractivity contribution >= 4 is 67.8 Å². The molecule has 1 aromatic heterocycles. The van der Waals surface area contributed by atoms with Gasteiger partial charge in [-0.05, 0) is 28.1 Å². The summed E-state index contributed by atoms with van der Waals surface area (Å²) in [5.74, 6) is -0.328. The van der Waals surface area contributed by atoms with Crippen molar-refractivity contribution < 1.29 is 14.3 Å². The molecule has 30 heavy (non-hydrogen) atoms. The Morgan fingerprint density at radius 2 is 2.10 bits per heavy atom. The zero-order valence-corrected chi connectivity index (χ0v) is 19.1. The highest BCUT2D eigenvalue weighted by Crippen LogP contribution is 2.53. The summed E-state index contributed by atoms with van der Waals surface area (Å²) >= 11 is 10.3. The van der Waals surface area contributed by atoms with Gasteiger partial charge in [0.05, 0.1) is 21.5 Å². The molecule has 0 saturated heterocycles. The van der Waals surface area contributed by atoms with E-state index in [4.69, 9.17) is 11.6 Å². The van der Waals surface area contributed by atoms with Gasteiger partial charge < -0.3 is 15.3 Å². The first-order valence-corrected chi connectivity index (χ1v) is 11.0. The maximum atomic E-state index is 14.3. The van der Waals surface area contributed by atoms with Gasteiger partial charge in [0.25, 0.3) is 0 Å². The third-order valence-corrected chi connectivity index (χ3v) is 6.59. The highest BCUT2D eigenvalue weighted by Gasteiger charge is 2.41. The second-order valence-corrected chi connectivity index (χ2v) is 9.70. The molecular formula is C20H17BrClFN4O2S. The number of para-hydroxylation sites is 2. The number of anilines is 4. The predicted molar refractivity (Wildman–Crippen MR) is 122 cm³/mol. The molecule has 0 unspecified atom stereocenters. The molecule has 6 nitrogen and oxygen atoms in total. The van der Waals surface area contributed by atoms with Gasteiger partial charge in [-0.3, -0.25) is 5.32 Å². The van der Waals surface area contributed by atoms with Gasteiger partial charge in [0, 0.05) is 29.0 Å². The van der Waals surface area contributed by atoms with Crippen LogP contribution < -0.4 is 15.5 Å². The summed E-state index contributed by atoms with van der Waals surface area (Å²) in [5.41, 5.74) is 1.94. The van der Waals surface area contributed by atoms with Crippen molar-refractivity contribution in [2.75, 3.05) is 22.1 Å². The Balaban J connectivity index is 1.70. The fourth-order valence-electron chi connectivity index (χ4n) is 3.65. The molecule has 0 fully saturated rings. The molecule has 3 N–H and O–H groups in total. The number of benzene rings is 2. The number of carbonyl (C=O) groups excluding carboxylic acids is 1. The highest BCUT2D eigenvalue weighted by molar-refractivity contribution is 9.10. The molecule has 0 aliphatic carbocycles. The van der Waals surface area contributed by atoms with E-state index in [1.165, 1.54) is 11.3 Å². The van der Waals surface area contributed by atoms with Crippen LogP contribution in [-0.4, -0.2) is 22.7 Å². The van der Waals surface area contributed by atoms with E-state index in [0.717, 1.165) is 6.07 Å². The molecule has 4 rings (SSSR count). The molecule has 0 spiro atoms. The van der Waals surface area contributed by atoms with Gasteiger partial charge in [-0.1, -0.05) is 37.6 Å². The summed E-state index contributed by atoms with van der Waals surface area (Å²) in [7, 11) is 0. The first-order valence-electron chi connectivity index (χ1n) is 8.94. The molecule has 0 saturated carbocycles. The minimum atomic E-state index is -0.520. The molecule has 1 aliphatic rings. The van der Waals surface area contributed by atoms with E-state index >= 15 is 0 Å². The maximum absolute atomic E-state index is 14.3. The van der Waals surface area contributed by atoms with Gasteiger partial charge >= 0.3 is 6.03 Å². The van der Waals surface area contributed by atoms with Crippen molar-refractivity contribution in [3.8, 4) is 5.75 Å². The molecule has 0 bridgehead atoms. The molecule has 10 heteroatoms. The van der Waals surface area contributed by atoms with Crippen molar-refractivity contribution in [1.29, 1.82) is 0 Å². The van der Waals surface area contributed by atoms with E-state index in [1.807, 2.05) is 30.9 Å². The Hall–Kier alpha value is -2.36. The molecule has 1 aliphatic heterocycles. The van der Waals surface area contributed by atoms with Gasteiger partial charge in [0.2, 0.25) is 0 Å². The first-order chi connectivity index (χ1) is 14.2. The zero-order valence-electron chi connectivity index (χ0n) is 16.0. The number of nitrogens with zero attached hydrogens (tertiary/aromatic N) is 2. The van der Waals surface area contributed by atoms with Crippen LogP contribution in [0.5, 0.6) is 5.75 Å². The molecule has 3 aromatic rings. The van der Waals surface area contributed by atoms with Crippen LogP contribution in [0.2, 0.25) is 4.47 Å². The van der Waals surface area contributed by atoms with Gasteiger partial charge in [-0.15, -0.1) is 11.3 Å². The van der Waals surface area contributed by atoms with Crippen molar-refractivity contribution in [2.45, 2.75) is 19.3 Å². The van der Waals surface area contributed by atoms with Gasteiger partial charge in [0.15, 0.2) is 4.47 Å². The maximum Gasteiger partial charge on any atom is 0.324 e. The van der Waals surface area contributed by atoms with Crippen molar-refractivity contribution in [2.24, 2.45) is 0 Å². The van der Waals surface area contributed by atoms with Crippen molar-refractivity contribution in [1.82, 2.24) is 4.98 Å². The third kappa shape index (κ3) is 3.73. The molecule has 2 heterocycles. The number of phenols is 1. The summed E-state index contributed by atoms with van der Waals surface area (Å²) < 4.78 is 14.9. The van der Waals surface area contributed by atoms with Gasteiger partial charge in [-0.2, -0.15) is 0 Å². The summed E-state index contributed by atoms with van der Waals surface area (Å²) in [6.07, 6.45) is 0. The molecular weight excluding hydrogens is 495 g/mol. The Morgan fingerprint density at radius 1 is 1.37 bits per heavy atom. The van der Waals surface area contributed by atoms with E-state index in [1.54, 1.807) is 17.5 Å². The van der Waals surface area contributed by atoms with Crippen LogP contribution in [0.25, 0.3) is 0 Å². The molecule has 2 amide bonds. The molecule has 0 radical (unpaired) electrons. The smallest absolute Gasteiger partial charge is 0.324 e. The minimum Gasteiger partial charge on any atom is -0.506 e. The number of hydrogen-bond donors (Lipinski definition) is 3. The number of amides is 2. The number of fused-ring (bicyclic) bond motifs is 1. The lowest BCUT2D eigenvalue weighted by Gasteiger charge is -2.25. The molecule has 2 aromatic carbocycles. The number of halogens is 3. The Labute approximate surface area is 189 Å². The van der Waals surface area contributed by atoms with Crippen LogP contribution in [0.3, 0.4) is 0 Å². The number of aromatic hydroxyl groups is 1. The Bertz CT molecular complexity index is 1150. The van der Waals surface area contributed by atoms with Crippen LogP contribution in [0.1, 0.15) is 19.4 Å². The van der Waals surface area contributed by atoms with Gasteiger partial charge in [0.1, 0.15) is 17.4 Å². The lowest BCUT2D eigenvalue weighted by Crippen LogP contribution is -2.27. The quantitative estimate of drug-likeness (QED) is 0.376. The predicted octanol–water partition coefficient (Wildman–Crippen LogP) is 6.48. The second kappa shape index (κ2) is 7.72. The summed E-state index contributed by atoms with van der Waals surface area (Å²) in [5, 5.41) is 17.6. The highest BCUT2D eigenvalue weighted by atomic mass is 79.9. The number of urea groups is 1. The number of phenolic OH excluding ortho intramolecular Hbond substituents is 1. The van der Waals surface area contributed by atoms with Crippen LogP contribution in [-0.2, 0) is 5.41 Å². The lowest BCUT2D eigenvalue weighted by molar-refractivity contribution is 0.262. The van der Waals surface area contributed by atoms with Crippen molar-refractivity contribution in [3.63, 3.8) is 0 Å². The summed E-state index contributed by atoms with van der Waals surface area (Å²) in [4.78, 5) is 18.3. The first kappa shape index (κ1) is 20.9. The van der Waals surface area contributed by atoms with E-state index < -0.39 is 17.3 Å². The fourth-order valence-corrected chi connectivity index (χ4v) is 5.18. The SMILES string of the molecule is CC1(C)CN(c2ccccc2NC(=O)Nc2csc(Cl)n2)c2c(O)cc(F)c(Br)c21. The molecule has 156 valence electrons. The largest absolute Gasteiger partial charge is 0.506 e. The monoisotopic (exact) mass is 510 g/mol. The average Bonchev–Trinajstić information content (AvgIpc) is 3.20.